The zero-order chi connectivity index (χ0) is 12.3. The Hall–Kier alpha value is -2.03. The zero-order valence-corrected chi connectivity index (χ0v) is 9.68. The van der Waals surface area contributed by atoms with Crippen molar-refractivity contribution in [2.75, 3.05) is 0 Å². The molecule has 3 heteroatoms. The van der Waals surface area contributed by atoms with Crippen LogP contribution in [0, 0.1) is 0 Å². The molecule has 17 heavy (non-hydrogen) atoms. The standard InChI is InChI=1S/C14H15NO2/c1-2-6-14(7-3-4-12(16)10-14)11-5-8-15-13(17)9-11/h2-9,16H,10H2,1H3,(H,15,17)/b6-2+. The number of aliphatic hydroxyl groups is 1. The Morgan fingerprint density at radius 2 is 2.35 bits per heavy atom. The van der Waals surface area contributed by atoms with Gasteiger partial charge in [0.25, 0.3) is 0 Å². The van der Waals surface area contributed by atoms with E-state index in [1.165, 1.54) is 0 Å². The number of hydrogen-bond acceptors (Lipinski definition) is 2. The molecule has 2 N–H and O–H groups in total. The lowest BCUT2D eigenvalue weighted by atomic mass is 9.75. The van der Waals surface area contributed by atoms with Crippen LogP contribution in [0.1, 0.15) is 18.9 Å². The van der Waals surface area contributed by atoms with Crippen molar-refractivity contribution in [2.24, 2.45) is 0 Å². The molecule has 1 heterocycles. The fraction of sp³-hybridized carbons (Fsp3) is 0.214. The number of aromatic nitrogens is 1. The third-order valence-electron chi connectivity index (χ3n) is 2.93. The van der Waals surface area contributed by atoms with Gasteiger partial charge in [0.05, 0.1) is 5.76 Å². The first kappa shape index (κ1) is 11.5. The van der Waals surface area contributed by atoms with Crippen molar-refractivity contribution < 1.29 is 5.11 Å². The fourth-order valence-corrected chi connectivity index (χ4v) is 2.19. The minimum atomic E-state index is -0.415. The molecule has 0 fully saturated rings. The van der Waals surface area contributed by atoms with E-state index < -0.39 is 5.41 Å². The predicted molar refractivity (Wildman–Crippen MR) is 68.0 cm³/mol. The number of pyridine rings is 1. The lowest BCUT2D eigenvalue weighted by Crippen LogP contribution is -2.25. The normalized spacial score (nSPS) is 23.9. The second-order valence-corrected chi connectivity index (χ2v) is 4.18. The Balaban J connectivity index is 2.53. The van der Waals surface area contributed by atoms with Crippen molar-refractivity contribution in [3.05, 3.63) is 70.4 Å². The van der Waals surface area contributed by atoms with Gasteiger partial charge in [-0.15, -0.1) is 0 Å². The topological polar surface area (TPSA) is 53.1 Å². The molecule has 0 aliphatic heterocycles. The van der Waals surface area contributed by atoms with Crippen LogP contribution >= 0.6 is 0 Å². The molecule has 1 aromatic rings. The van der Waals surface area contributed by atoms with Crippen LogP contribution in [0.25, 0.3) is 0 Å². The molecule has 0 spiro atoms. The van der Waals surface area contributed by atoms with E-state index in [9.17, 15) is 9.90 Å². The summed E-state index contributed by atoms with van der Waals surface area (Å²) in [4.78, 5) is 14.0. The number of rotatable bonds is 2. The van der Waals surface area contributed by atoms with E-state index in [-0.39, 0.29) is 5.56 Å². The lowest BCUT2D eigenvalue weighted by Gasteiger charge is -2.29. The molecule has 1 aromatic heterocycles. The third kappa shape index (κ3) is 2.23. The summed E-state index contributed by atoms with van der Waals surface area (Å²) in [6, 6.07) is 3.44. The highest BCUT2D eigenvalue weighted by Gasteiger charge is 2.29. The van der Waals surface area contributed by atoms with Gasteiger partial charge in [-0.2, -0.15) is 0 Å². The Morgan fingerprint density at radius 1 is 1.53 bits per heavy atom. The Morgan fingerprint density at radius 3 is 3.00 bits per heavy atom. The molecule has 2 rings (SSSR count). The monoisotopic (exact) mass is 229 g/mol. The summed E-state index contributed by atoms with van der Waals surface area (Å²) in [5, 5.41) is 9.69. The second-order valence-electron chi connectivity index (χ2n) is 4.18. The van der Waals surface area contributed by atoms with Crippen LogP contribution in [0.15, 0.2) is 59.3 Å². The largest absolute Gasteiger partial charge is 0.512 e. The van der Waals surface area contributed by atoms with Gasteiger partial charge in [-0.05, 0) is 24.6 Å². The highest BCUT2D eigenvalue weighted by molar-refractivity contribution is 5.41. The van der Waals surface area contributed by atoms with Gasteiger partial charge in [0.15, 0.2) is 0 Å². The first-order valence-corrected chi connectivity index (χ1v) is 5.57. The first-order chi connectivity index (χ1) is 8.16. The van der Waals surface area contributed by atoms with Crippen LogP contribution in [0.3, 0.4) is 0 Å². The van der Waals surface area contributed by atoms with Gasteiger partial charge in [0.2, 0.25) is 5.56 Å². The minimum Gasteiger partial charge on any atom is -0.512 e. The van der Waals surface area contributed by atoms with Gasteiger partial charge < -0.3 is 10.1 Å². The van der Waals surface area contributed by atoms with Crippen LogP contribution < -0.4 is 5.56 Å². The number of H-pyrrole nitrogens is 1. The summed E-state index contributed by atoms with van der Waals surface area (Å²) in [6.45, 7) is 1.93. The summed E-state index contributed by atoms with van der Waals surface area (Å²) in [5.74, 6) is 0.325. The maximum Gasteiger partial charge on any atom is 0.248 e. The highest BCUT2D eigenvalue weighted by Crippen LogP contribution is 2.35. The molecule has 0 amide bonds. The van der Waals surface area contributed by atoms with Crippen LogP contribution in [0.4, 0.5) is 0 Å². The van der Waals surface area contributed by atoms with E-state index in [4.69, 9.17) is 0 Å². The molecule has 0 bridgehead atoms. The molecule has 88 valence electrons. The van der Waals surface area contributed by atoms with Crippen LogP contribution in [0.2, 0.25) is 0 Å². The molecule has 1 aliphatic rings. The number of hydrogen-bond donors (Lipinski definition) is 2. The van der Waals surface area contributed by atoms with Crippen molar-refractivity contribution in [1.82, 2.24) is 4.98 Å². The van der Waals surface area contributed by atoms with Crippen LogP contribution in [-0.2, 0) is 5.41 Å². The summed E-state index contributed by atoms with van der Waals surface area (Å²) in [6.07, 6.45) is 11.5. The van der Waals surface area contributed by atoms with E-state index in [1.807, 2.05) is 37.3 Å². The zero-order valence-electron chi connectivity index (χ0n) is 9.68. The first-order valence-electron chi connectivity index (χ1n) is 5.57. The molecular weight excluding hydrogens is 214 g/mol. The molecule has 3 nitrogen and oxygen atoms in total. The van der Waals surface area contributed by atoms with Gasteiger partial charge in [-0.3, -0.25) is 4.79 Å². The Bertz CT molecular complexity index is 551. The van der Waals surface area contributed by atoms with Crippen LogP contribution in [-0.4, -0.2) is 10.1 Å². The smallest absolute Gasteiger partial charge is 0.248 e. The summed E-state index contributed by atoms with van der Waals surface area (Å²) < 4.78 is 0. The molecule has 0 saturated carbocycles. The predicted octanol–water partition coefficient (Wildman–Crippen LogP) is 2.59. The quantitative estimate of drug-likeness (QED) is 0.766. The molecule has 0 radical (unpaired) electrons. The molecular formula is C14H15NO2. The second kappa shape index (κ2) is 4.45. The van der Waals surface area contributed by atoms with E-state index in [1.54, 1.807) is 18.3 Å². The molecule has 1 atom stereocenters. The molecule has 1 unspecified atom stereocenters. The van der Waals surface area contributed by atoms with E-state index in [2.05, 4.69) is 4.98 Å². The number of aliphatic hydroxyl groups excluding tert-OH is 1. The SMILES string of the molecule is C/C=C/C1(c2cc[nH]c(=O)c2)C=CC=C(O)C1. The van der Waals surface area contributed by atoms with Gasteiger partial charge in [0.1, 0.15) is 0 Å². The van der Waals surface area contributed by atoms with Gasteiger partial charge in [-0.25, -0.2) is 0 Å². The maximum absolute atomic E-state index is 11.4. The number of allylic oxidation sites excluding steroid dienone is 6. The molecule has 1 aliphatic carbocycles. The Kier molecular flexibility index (Phi) is 3.00. The van der Waals surface area contributed by atoms with Gasteiger partial charge in [0, 0.05) is 24.1 Å². The van der Waals surface area contributed by atoms with E-state index in [0.717, 1.165) is 5.56 Å². The van der Waals surface area contributed by atoms with Gasteiger partial charge in [-0.1, -0.05) is 24.3 Å². The van der Waals surface area contributed by atoms with E-state index in [0.29, 0.717) is 12.2 Å². The van der Waals surface area contributed by atoms with Crippen molar-refractivity contribution >= 4 is 0 Å². The molecule has 0 aromatic carbocycles. The van der Waals surface area contributed by atoms with Crippen molar-refractivity contribution in [3.63, 3.8) is 0 Å². The summed E-state index contributed by atoms with van der Waals surface area (Å²) in [5.41, 5.74) is 0.339. The van der Waals surface area contributed by atoms with E-state index >= 15 is 0 Å². The number of aromatic amines is 1. The fourth-order valence-electron chi connectivity index (χ4n) is 2.19. The highest BCUT2D eigenvalue weighted by atomic mass is 16.3. The Labute approximate surface area is 99.8 Å². The number of nitrogens with one attached hydrogen (secondary N) is 1. The summed E-state index contributed by atoms with van der Waals surface area (Å²) >= 11 is 0. The maximum atomic E-state index is 11.4. The third-order valence-corrected chi connectivity index (χ3v) is 2.93. The van der Waals surface area contributed by atoms with Crippen molar-refractivity contribution in [1.29, 1.82) is 0 Å². The van der Waals surface area contributed by atoms with Crippen molar-refractivity contribution in [2.45, 2.75) is 18.8 Å². The minimum absolute atomic E-state index is 0.131. The average molecular weight is 229 g/mol. The van der Waals surface area contributed by atoms with Crippen molar-refractivity contribution in [3.8, 4) is 0 Å². The molecule has 0 saturated heterocycles. The lowest BCUT2D eigenvalue weighted by molar-refractivity contribution is 0.363. The average Bonchev–Trinajstić information content (AvgIpc) is 2.29. The van der Waals surface area contributed by atoms with Gasteiger partial charge >= 0.3 is 0 Å². The van der Waals surface area contributed by atoms with Crippen LogP contribution in [0.5, 0.6) is 0 Å². The summed E-state index contributed by atoms with van der Waals surface area (Å²) in [7, 11) is 0.